The molecule has 1 rings (SSSR count). The minimum Gasteiger partial charge on any atom is -0.363 e. The summed E-state index contributed by atoms with van der Waals surface area (Å²) in [4.78, 5) is 2.05. The fourth-order valence-electron chi connectivity index (χ4n) is 1.67. The predicted octanol–water partition coefficient (Wildman–Crippen LogP) is 0.111. The third-order valence-electron chi connectivity index (χ3n) is 2.38. The molecule has 4 heteroatoms. The summed E-state index contributed by atoms with van der Waals surface area (Å²) in [6.07, 6.45) is 3.76. The van der Waals surface area contributed by atoms with Crippen molar-refractivity contribution >= 4 is 6.34 Å². The number of nitrogens with zero attached hydrogens (tertiary/aromatic N) is 2. The molecule has 0 aromatic rings. The molecule has 0 aliphatic carbocycles. The van der Waals surface area contributed by atoms with E-state index in [0.717, 1.165) is 38.4 Å². The predicted molar refractivity (Wildman–Crippen MR) is 49.9 cm³/mol. The summed E-state index contributed by atoms with van der Waals surface area (Å²) in [6, 6.07) is 0. The van der Waals surface area contributed by atoms with E-state index in [9.17, 15) is 0 Å². The summed E-state index contributed by atoms with van der Waals surface area (Å²) in [6.45, 7) is 3.01. The second-order valence-electron chi connectivity index (χ2n) is 3.55. The summed E-state index contributed by atoms with van der Waals surface area (Å²) in [7, 11) is 1.91. The highest BCUT2D eigenvalue weighted by molar-refractivity contribution is 5.50. The molecule has 0 spiro atoms. The number of nitrogens with one attached hydrogen (secondary N) is 1. The Balaban J connectivity index is 2.21. The van der Waals surface area contributed by atoms with Crippen LogP contribution in [0.4, 0.5) is 0 Å². The van der Waals surface area contributed by atoms with Gasteiger partial charge in [-0.3, -0.25) is 11.3 Å². The van der Waals surface area contributed by atoms with Crippen molar-refractivity contribution in [3.05, 3.63) is 0 Å². The molecule has 0 unspecified atom stereocenters. The van der Waals surface area contributed by atoms with Gasteiger partial charge in [-0.15, -0.1) is 0 Å². The van der Waals surface area contributed by atoms with Crippen molar-refractivity contribution in [2.24, 2.45) is 11.8 Å². The van der Waals surface area contributed by atoms with Crippen molar-refractivity contribution in [3.8, 4) is 0 Å². The zero-order chi connectivity index (χ0) is 8.97. The van der Waals surface area contributed by atoms with Gasteiger partial charge >= 0.3 is 0 Å². The SMILES string of the molecule is CN(N)CC1CCN(C=N)CC1. The maximum Gasteiger partial charge on any atom is 0.0817 e. The third-order valence-corrected chi connectivity index (χ3v) is 2.38. The van der Waals surface area contributed by atoms with Gasteiger partial charge in [-0.25, -0.2) is 5.01 Å². The first-order valence-electron chi connectivity index (χ1n) is 4.43. The third kappa shape index (κ3) is 2.79. The molecule has 1 saturated heterocycles. The number of nitrogens with two attached hydrogens (primary N) is 1. The number of rotatable bonds is 3. The normalized spacial score (nSPS) is 20.1. The molecule has 12 heavy (non-hydrogen) atoms. The van der Waals surface area contributed by atoms with Crippen molar-refractivity contribution in [3.63, 3.8) is 0 Å². The van der Waals surface area contributed by atoms with Gasteiger partial charge in [0.1, 0.15) is 0 Å². The van der Waals surface area contributed by atoms with Gasteiger partial charge in [-0.2, -0.15) is 0 Å². The van der Waals surface area contributed by atoms with Gasteiger partial charge in [0.15, 0.2) is 0 Å². The van der Waals surface area contributed by atoms with Crippen molar-refractivity contribution in [2.75, 3.05) is 26.7 Å². The second kappa shape index (κ2) is 4.42. The zero-order valence-corrected chi connectivity index (χ0v) is 7.66. The lowest BCUT2D eigenvalue weighted by molar-refractivity contribution is 0.206. The fourth-order valence-corrected chi connectivity index (χ4v) is 1.67. The molecule has 4 nitrogen and oxygen atoms in total. The van der Waals surface area contributed by atoms with Crippen LogP contribution >= 0.6 is 0 Å². The summed E-state index contributed by atoms with van der Waals surface area (Å²) in [5.41, 5.74) is 0. The fraction of sp³-hybridized carbons (Fsp3) is 0.875. The molecule has 0 saturated carbocycles. The van der Waals surface area contributed by atoms with E-state index in [1.54, 1.807) is 5.01 Å². The van der Waals surface area contributed by atoms with E-state index in [1.807, 2.05) is 11.9 Å². The molecule has 3 N–H and O–H groups in total. The molecule has 0 aromatic heterocycles. The minimum atomic E-state index is 0.719. The molecule has 0 atom stereocenters. The van der Waals surface area contributed by atoms with Crippen molar-refractivity contribution in [1.82, 2.24) is 9.91 Å². The Hall–Kier alpha value is -0.610. The Bertz CT molecular complexity index is 138. The minimum absolute atomic E-state index is 0.719. The maximum absolute atomic E-state index is 7.07. The molecule has 0 bridgehead atoms. The van der Waals surface area contributed by atoms with Crippen molar-refractivity contribution in [1.29, 1.82) is 5.41 Å². The summed E-state index contributed by atoms with van der Waals surface area (Å²) in [5, 5.41) is 8.83. The van der Waals surface area contributed by atoms with E-state index in [4.69, 9.17) is 11.3 Å². The molecular weight excluding hydrogens is 152 g/mol. The Morgan fingerprint density at radius 1 is 1.58 bits per heavy atom. The zero-order valence-electron chi connectivity index (χ0n) is 7.66. The Kier molecular flexibility index (Phi) is 3.49. The average Bonchev–Trinajstić information content (AvgIpc) is 2.05. The van der Waals surface area contributed by atoms with Gasteiger partial charge in [-0.05, 0) is 18.8 Å². The lowest BCUT2D eigenvalue weighted by Gasteiger charge is -2.31. The van der Waals surface area contributed by atoms with Gasteiger partial charge in [0.25, 0.3) is 0 Å². The van der Waals surface area contributed by atoms with Gasteiger partial charge in [0.05, 0.1) is 6.34 Å². The molecule has 70 valence electrons. The number of piperidine rings is 1. The molecular formula is C8H18N4. The summed E-state index contributed by atoms with van der Waals surface area (Å²) >= 11 is 0. The average molecular weight is 170 g/mol. The second-order valence-corrected chi connectivity index (χ2v) is 3.55. The monoisotopic (exact) mass is 170 g/mol. The smallest absolute Gasteiger partial charge is 0.0817 e. The first-order valence-corrected chi connectivity index (χ1v) is 4.43. The first kappa shape index (κ1) is 9.48. The van der Waals surface area contributed by atoms with E-state index in [2.05, 4.69) is 0 Å². The highest BCUT2D eigenvalue weighted by Gasteiger charge is 2.17. The highest BCUT2D eigenvalue weighted by Crippen LogP contribution is 2.15. The topological polar surface area (TPSA) is 56.4 Å². The van der Waals surface area contributed by atoms with Crippen LogP contribution in [0.25, 0.3) is 0 Å². The van der Waals surface area contributed by atoms with E-state index < -0.39 is 0 Å². The number of likely N-dealkylation sites (tertiary alicyclic amines) is 1. The first-order chi connectivity index (χ1) is 5.72. The quantitative estimate of drug-likeness (QED) is 0.273. The van der Waals surface area contributed by atoms with Crippen molar-refractivity contribution < 1.29 is 0 Å². The molecule has 0 radical (unpaired) electrons. The van der Waals surface area contributed by atoms with Gasteiger partial charge in [-0.1, -0.05) is 0 Å². The van der Waals surface area contributed by atoms with Crippen LogP contribution in [-0.4, -0.2) is 42.9 Å². The van der Waals surface area contributed by atoms with Crippen LogP contribution in [0.1, 0.15) is 12.8 Å². The number of hydrogen-bond donors (Lipinski definition) is 2. The molecule has 1 fully saturated rings. The standard InChI is InChI=1S/C8H18N4/c1-11(10)6-8-2-4-12(7-9)5-3-8/h7-9H,2-6,10H2,1H3. The maximum atomic E-state index is 7.07. The van der Waals surface area contributed by atoms with Gasteiger partial charge in [0.2, 0.25) is 0 Å². The van der Waals surface area contributed by atoms with Crippen LogP contribution in [0.3, 0.4) is 0 Å². The molecule has 1 aliphatic heterocycles. The van der Waals surface area contributed by atoms with E-state index >= 15 is 0 Å². The molecule has 1 heterocycles. The Labute approximate surface area is 73.8 Å². The molecule has 0 amide bonds. The van der Waals surface area contributed by atoms with Crippen LogP contribution < -0.4 is 5.84 Å². The number of hydrazine groups is 1. The lowest BCUT2D eigenvalue weighted by atomic mass is 9.97. The van der Waals surface area contributed by atoms with E-state index in [-0.39, 0.29) is 0 Å². The Morgan fingerprint density at radius 3 is 2.58 bits per heavy atom. The van der Waals surface area contributed by atoms with Crippen LogP contribution in [0.5, 0.6) is 0 Å². The van der Waals surface area contributed by atoms with E-state index in [1.165, 1.54) is 6.34 Å². The number of hydrogen-bond acceptors (Lipinski definition) is 3. The van der Waals surface area contributed by atoms with Crippen LogP contribution in [0.15, 0.2) is 0 Å². The van der Waals surface area contributed by atoms with Gasteiger partial charge < -0.3 is 4.90 Å². The molecule has 1 aliphatic rings. The highest BCUT2D eigenvalue weighted by atomic mass is 15.4. The van der Waals surface area contributed by atoms with Crippen molar-refractivity contribution in [2.45, 2.75) is 12.8 Å². The van der Waals surface area contributed by atoms with Crippen LogP contribution in [0.2, 0.25) is 0 Å². The van der Waals surface area contributed by atoms with Crippen LogP contribution in [0, 0.1) is 11.3 Å². The summed E-state index contributed by atoms with van der Waals surface area (Å²) in [5.74, 6) is 6.28. The largest absolute Gasteiger partial charge is 0.363 e. The lowest BCUT2D eigenvalue weighted by Crippen LogP contribution is -2.38. The summed E-state index contributed by atoms with van der Waals surface area (Å²) < 4.78 is 0. The van der Waals surface area contributed by atoms with E-state index in [0.29, 0.717) is 0 Å². The van der Waals surface area contributed by atoms with Crippen LogP contribution in [-0.2, 0) is 0 Å². The Morgan fingerprint density at radius 2 is 2.17 bits per heavy atom. The molecule has 0 aromatic carbocycles. The van der Waals surface area contributed by atoms with Gasteiger partial charge in [0, 0.05) is 26.7 Å².